The van der Waals surface area contributed by atoms with E-state index in [2.05, 4.69) is 4.72 Å². The zero-order valence-electron chi connectivity index (χ0n) is 11.8. The van der Waals surface area contributed by atoms with Crippen molar-refractivity contribution in [2.75, 3.05) is 6.54 Å². The number of benzene rings is 1. The van der Waals surface area contributed by atoms with Crippen LogP contribution in [0.5, 0.6) is 0 Å². The minimum absolute atomic E-state index is 0.0605. The van der Waals surface area contributed by atoms with Gasteiger partial charge >= 0.3 is 0 Å². The molecule has 1 aromatic carbocycles. The maximum absolute atomic E-state index is 12.0. The third kappa shape index (κ3) is 4.81. The van der Waals surface area contributed by atoms with Crippen molar-refractivity contribution in [2.24, 2.45) is 5.92 Å². The van der Waals surface area contributed by atoms with Crippen LogP contribution < -0.4 is 4.72 Å². The van der Waals surface area contributed by atoms with Crippen LogP contribution in [0.15, 0.2) is 24.3 Å². The molecule has 1 fully saturated rings. The van der Waals surface area contributed by atoms with Gasteiger partial charge < -0.3 is 5.11 Å². The summed E-state index contributed by atoms with van der Waals surface area (Å²) >= 11 is 0. The summed E-state index contributed by atoms with van der Waals surface area (Å²) in [5.41, 5.74) is 1.01. The van der Waals surface area contributed by atoms with E-state index in [0.717, 1.165) is 25.7 Å². The first kappa shape index (κ1) is 16.0. The van der Waals surface area contributed by atoms with Crippen LogP contribution in [0, 0.1) is 17.2 Å². The summed E-state index contributed by atoms with van der Waals surface area (Å²) in [5.74, 6) is 0.0227. The van der Waals surface area contributed by atoms with E-state index in [1.165, 1.54) is 0 Å². The molecular weight excluding hydrogens is 288 g/mol. The van der Waals surface area contributed by atoms with Crippen LogP contribution in [0.4, 0.5) is 0 Å². The molecule has 0 bridgehead atoms. The Morgan fingerprint density at radius 2 is 2.10 bits per heavy atom. The number of hydrogen-bond donors (Lipinski definition) is 2. The first-order valence-corrected chi connectivity index (χ1v) is 8.80. The van der Waals surface area contributed by atoms with Crippen molar-refractivity contribution in [1.82, 2.24) is 4.72 Å². The van der Waals surface area contributed by atoms with Gasteiger partial charge in [-0.25, -0.2) is 13.1 Å². The summed E-state index contributed by atoms with van der Waals surface area (Å²) in [4.78, 5) is 0. The molecule has 21 heavy (non-hydrogen) atoms. The van der Waals surface area contributed by atoms with E-state index < -0.39 is 16.1 Å². The predicted molar refractivity (Wildman–Crippen MR) is 79.7 cm³/mol. The maximum Gasteiger partial charge on any atom is 0.215 e. The van der Waals surface area contributed by atoms with E-state index in [9.17, 15) is 13.5 Å². The Morgan fingerprint density at radius 1 is 1.38 bits per heavy atom. The highest BCUT2D eigenvalue weighted by Crippen LogP contribution is 2.27. The van der Waals surface area contributed by atoms with Crippen LogP contribution in [-0.4, -0.2) is 26.2 Å². The van der Waals surface area contributed by atoms with Gasteiger partial charge in [-0.15, -0.1) is 0 Å². The van der Waals surface area contributed by atoms with Gasteiger partial charge in [0.1, 0.15) is 0 Å². The number of nitrogens with one attached hydrogen (secondary N) is 1. The standard InChI is InChI=1S/C15H20N2O3S/c16-9-12-4-3-5-13(8-12)11-21(19,20)17-10-15(18)14-6-1-2-7-14/h3-5,8,14-15,17-18H,1-2,6-7,10-11H2. The lowest BCUT2D eigenvalue weighted by Gasteiger charge is -2.18. The molecule has 2 rings (SSSR count). The molecule has 5 nitrogen and oxygen atoms in total. The number of nitrogens with zero attached hydrogens (tertiary/aromatic N) is 1. The fraction of sp³-hybridized carbons (Fsp3) is 0.533. The Kier molecular flexibility index (Phi) is 5.34. The molecular formula is C15H20N2O3S. The van der Waals surface area contributed by atoms with E-state index in [1.807, 2.05) is 6.07 Å². The SMILES string of the molecule is N#Cc1cccc(CS(=O)(=O)NCC(O)C2CCCC2)c1. The monoisotopic (exact) mass is 308 g/mol. The van der Waals surface area contributed by atoms with Crippen molar-refractivity contribution in [3.05, 3.63) is 35.4 Å². The van der Waals surface area contributed by atoms with Gasteiger partial charge in [0.25, 0.3) is 0 Å². The van der Waals surface area contributed by atoms with Crippen molar-refractivity contribution in [3.8, 4) is 6.07 Å². The second kappa shape index (κ2) is 7.03. The zero-order chi connectivity index (χ0) is 15.3. The van der Waals surface area contributed by atoms with Gasteiger partial charge in [-0.2, -0.15) is 5.26 Å². The minimum Gasteiger partial charge on any atom is -0.391 e. The van der Waals surface area contributed by atoms with Gasteiger partial charge in [0.15, 0.2) is 0 Å². The van der Waals surface area contributed by atoms with E-state index >= 15 is 0 Å². The molecule has 1 unspecified atom stereocenters. The summed E-state index contributed by atoms with van der Waals surface area (Å²) in [5, 5.41) is 18.8. The molecule has 1 saturated carbocycles. The van der Waals surface area contributed by atoms with Gasteiger partial charge in [0.05, 0.1) is 23.5 Å². The molecule has 0 aliphatic heterocycles. The number of aliphatic hydroxyl groups is 1. The maximum atomic E-state index is 12.0. The third-order valence-corrected chi connectivity index (χ3v) is 5.19. The van der Waals surface area contributed by atoms with E-state index in [4.69, 9.17) is 5.26 Å². The minimum atomic E-state index is -3.50. The summed E-state index contributed by atoms with van der Waals surface area (Å²) in [6, 6.07) is 8.52. The molecule has 0 saturated heterocycles. The molecule has 0 heterocycles. The average molecular weight is 308 g/mol. The van der Waals surface area contributed by atoms with Gasteiger partial charge in [-0.05, 0) is 36.5 Å². The topological polar surface area (TPSA) is 90.2 Å². The Bertz CT molecular complexity index is 616. The second-order valence-electron chi connectivity index (χ2n) is 5.53. The number of nitriles is 1. The lowest BCUT2D eigenvalue weighted by molar-refractivity contribution is 0.115. The Morgan fingerprint density at radius 3 is 2.76 bits per heavy atom. The lowest BCUT2D eigenvalue weighted by Crippen LogP contribution is -2.36. The van der Waals surface area contributed by atoms with Crippen LogP contribution in [-0.2, 0) is 15.8 Å². The highest BCUT2D eigenvalue weighted by atomic mass is 32.2. The summed E-state index contributed by atoms with van der Waals surface area (Å²) in [6.45, 7) is 0.0605. The fourth-order valence-electron chi connectivity index (χ4n) is 2.72. The van der Waals surface area contributed by atoms with Crippen molar-refractivity contribution in [3.63, 3.8) is 0 Å². The Hall–Kier alpha value is -1.42. The average Bonchev–Trinajstić information content (AvgIpc) is 2.99. The van der Waals surface area contributed by atoms with Crippen molar-refractivity contribution in [2.45, 2.75) is 37.5 Å². The Labute approximate surface area is 125 Å². The molecule has 0 spiro atoms. The normalized spacial score (nSPS) is 17.5. The van der Waals surface area contributed by atoms with Crippen LogP contribution in [0.1, 0.15) is 36.8 Å². The van der Waals surface area contributed by atoms with Gasteiger partial charge in [0, 0.05) is 6.54 Å². The second-order valence-corrected chi connectivity index (χ2v) is 7.34. The van der Waals surface area contributed by atoms with E-state index in [-0.39, 0.29) is 18.2 Å². The molecule has 6 heteroatoms. The summed E-state index contributed by atoms with van der Waals surface area (Å²) in [6.07, 6.45) is 3.53. The summed E-state index contributed by atoms with van der Waals surface area (Å²) in [7, 11) is -3.50. The molecule has 1 aromatic rings. The van der Waals surface area contributed by atoms with Crippen molar-refractivity contribution >= 4 is 10.0 Å². The number of aliphatic hydroxyl groups excluding tert-OH is 1. The number of sulfonamides is 1. The van der Waals surface area contributed by atoms with Crippen LogP contribution in [0.25, 0.3) is 0 Å². The molecule has 1 aliphatic carbocycles. The highest BCUT2D eigenvalue weighted by Gasteiger charge is 2.24. The van der Waals surface area contributed by atoms with E-state index in [0.29, 0.717) is 11.1 Å². The van der Waals surface area contributed by atoms with Crippen LogP contribution in [0.3, 0.4) is 0 Å². The molecule has 0 radical (unpaired) electrons. The third-order valence-electron chi connectivity index (χ3n) is 3.87. The molecule has 114 valence electrons. The van der Waals surface area contributed by atoms with Gasteiger partial charge in [0.2, 0.25) is 10.0 Å². The van der Waals surface area contributed by atoms with Crippen molar-refractivity contribution < 1.29 is 13.5 Å². The molecule has 1 aliphatic rings. The lowest BCUT2D eigenvalue weighted by atomic mass is 10.0. The zero-order valence-corrected chi connectivity index (χ0v) is 12.6. The van der Waals surface area contributed by atoms with Crippen LogP contribution in [0.2, 0.25) is 0 Å². The van der Waals surface area contributed by atoms with E-state index in [1.54, 1.807) is 24.3 Å². The number of rotatable bonds is 6. The van der Waals surface area contributed by atoms with Crippen LogP contribution >= 0.6 is 0 Å². The highest BCUT2D eigenvalue weighted by molar-refractivity contribution is 7.88. The quantitative estimate of drug-likeness (QED) is 0.834. The van der Waals surface area contributed by atoms with Gasteiger partial charge in [-0.3, -0.25) is 0 Å². The largest absolute Gasteiger partial charge is 0.391 e. The summed E-state index contributed by atoms with van der Waals surface area (Å²) < 4.78 is 26.5. The smallest absolute Gasteiger partial charge is 0.215 e. The Balaban J connectivity index is 1.90. The number of hydrogen-bond acceptors (Lipinski definition) is 4. The van der Waals surface area contributed by atoms with Crippen molar-refractivity contribution in [1.29, 1.82) is 5.26 Å². The first-order chi connectivity index (χ1) is 10.00. The molecule has 1 atom stereocenters. The molecule has 0 aromatic heterocycles. The first-order valence-electron chi connectivity index (χ1n) is 7.14. The fourth-order valence-corrected chi connectivity index (χ4v) is 3.87. The van der Waals surface area contributed by atoms with Gasteiger partial charge in [-0.1, -0.05) is 25.0 Å². The molecule has 2 N–H and O–H groups in total. The predicted octanol–water partition coefficient (Wildman–Crippen LogP) is 1.53. The molecule has 0 amide bonds.